The summed E-state index contributed by atoms with van der Waals surface area (Å²) in [7, 11) is 0. The van der Waals surface area contributed by atoms with Crippen LogP contribution in [0.2, 0.25) is 0 Å². The van der Waals surface area contributed by atoms with Crippen molar-refractivity contribution in [2.45, 2.75) is 0 Å². The van der Waals surface area contributed by atoms with Crippen molar-refractivity contribution < 1.29 is 0 Å². The molecule has 6 heteroatoms. The molecule has 0 saturated carbocycles. The van der Waals surface area contributed by atoms with Gasteiger partial charge >= 0.3 is 0 Å². The van der Waals surface area contributed by atoms with Crippen LogP contribution in [-0.4, -0.2) is 0 Å². The van der Waals surface area contributed by atoms with Gasteiger partial charge in [-0.3, -0.25) is 0 Å². The van der Waals surface area contributed by atoms with Crippen LogP contribution in [0.3, 0.4) is 0 Å². The van der Waals surface area contributed by atoms with Crippen molar-refractivity contribution in [2.24, 2.45) is 0 Å². The van der Waals surface area contributed by atoms with Crippen molar-refractivity contribution >= 4 is 146 Å². The molecule has 0 atom stereocenters. The summed E-state index contributed by atoms with van der Waals surface area (Å²) in [6.45, 7) is 0. The molecular formula is C28H14I6. The summed E-state index contributed by atoms with van der Waals surface area (Å²) in [5.74, 6) is 0. The highest BCUT2D eigenvalue weighted by Gasteiger charge is 2.22. The van der Waals surface area contributed by atoms with E-state index in [2.05, 4.69) is 220 Å². The van der Waals surface area contributed by atoms with Crippen molar-refractivity contribution in [3.63, 3.8) is 0 Å². The maximum Gasteiger partial charge on any atom is 0.0359 e. The summed E-state index contributed by atoms with van der Waals surface area (Å²) < 4.78 is 7.79. The van der Waals surface area contributed by atoms with E-state index in [0.717, 1.165) is 0 Å². The number of benzene rings is 5. The highest BCUT2D eigenvalue weighted by Crippen LogP contribution is 2.44. The van der Waals surface area contributed by atoms with Crippen LogP contribution in [0.5, 0.6) is 0 Å². The first-order valence-corrected chi connectivity index (χ1v) is 16.7. The first-order chi connectivity index (χ1) is 16.4. The zero-order chi connectivity index (χ0) is 24.0. The first kappa shape index (κ1) is 26.4. The van der Waals surface area contributed by atoms with Crippen LogP contribution in [-0.2, 0) is 0 Å². The Kier molecular flexibility index (Phi) is 8.71. The SMILES string of the molecule is Ic1cc(-c2c(I)cc(-c3ccccc3)c(I)c2I)c(I)c(I)c1-c1ccc2ccccc2c1. The molecule has 0 amide bonds. The molecule has 0 spiro atoms. The molecule has 5 aromatic carbocycles. The van der Waals surface area contributed by atoms with Crippen LogP contribution >= 0.6 is 136 Å². The molecule has 0 nitrogen and oxygen atoms in total. The number of halogens is 6. The first-order valence-electron chi connectivity index (χ1n) is 10.3. The Morgan fingerprint density at radius 3 is 1.68 bits per heavy atom. The Morgan fingerprint density at radius 2 is 0.941 bits per heavy atom. The molecule has 34 heavy (non-hydrogen) atoms. The monoisotopic (exact) mass is 1110 g/mol. The smallest absolute Gasteiger partial charge is 0.0359 e. The maximum absolute atomic E-state index is 2.54. The predicted octanol–water partition coefficient (Wildman–Crippen LogP) is 11.5. The third kappa shape index (κ3) is 5.06. The molecule has 5 rings (SSSR count). The molecule has 0 aliphatic heterocycles. The van der Waals surface area contributed by atoms with Gasteiger partial charge in [-0.1, -0.05) is 66.7 Å². The highest BCUT2D eigenvalue weighted by molar-refractivity contribution is 14.1. The Labute approximate surface area is 281 Å². The Bertz CT molecular complexity index is 1560. The fourth-order valence-corrected chi connectivity index (χ4v) is 10.0. The van der Waals surface area contributed by atoms with E-state index in [1.165, 1.54) is 65.6 Å². The molecule has 0 aliphatic rings. The largest absolute Gasteiger partial charge is 0.0622 e. The van der Waals surface area contributed by atoms with Gasteiger partial charge in [0.15, 0.2) is 0 Å². The highest BCUT2D eigenvalue weighted by atomic mass is 127. The van der Waals surface area contributed by atoms with Gasteiger partial charge in [0.1, 0.15) is 0 Å². The van der Waals surface area contributed by atoms with Gasteiger partial charge in [-0.15, -0.1) is 0 Å². The van der Waals surface area contributed by atoms with Crippen molar-refractivity contribution in [3.05, 3.63) is 106 Å². The normalized spacial score (nSPS) is 11.2. The molecule has 0 saturated heterocycles. The summed E-state index contributed by atoms with van der Waals surface area (Å²) in [6.07, 6.45) is 0. The minimum Gasteiger partial charge on any atom is -0.0622 e. The number of hydrogen-bond donors (Lipinski definition) is 0. The fourth-order valence-electron chi connectivity index (χ4n) is 4.06. The van der Waals surface area contributed by atoms with E-state index in [9.17, 15) is 0 Å². The van der Waals surface area contributed by atoms with Gasteiger partial charge in [-0.25, -0.2) is 0 Å². The molecule has 5 aromatic rings. The maximum atomic E-state index is 2.54. The second-order valence-electron chi connectivity index (χ2n) is 7.75. The molecule has 0 aliphatic carbocycles. The van der Waals surface area contributed by atoms with Gasteiger partial charge in [0.25, 0.3) is 0 Å². The molecule has 0 N–H and O–H groups in total. The zero-order valence-electron chi connectivity index (χ0n) is 17.4. The molecule has 0 aromatic heterocycles. The molecule has 168 valence electrons. The number of fused-ring (bicyclic) bond motifs is 1. The molecule has 0 heterocycles. The van der Waals surface area contributed by atoms with E-state index in [1.807, 2.05) is 0 Å². The summed E-state index contributed by atoms with van der Waals surface area (Å²) in [5, 5.41) is 2.56. The summed E-state index contributed by atoms with van der Waals surface area (Å²) in [5.41, 5.74) is 7.79. The molecular weight excluding hydrogens is 1100 g/mol. The number of rotatable bonds is 3. The van der Waals surface area contributed by atoms with E-state index in [0.29, 0.717) is 0 Å². The van der Waals surface area contributed by atoms with E-state index >= 15 is 0 Å². The third-order valence-electron chi connectivity index (χ3n) is 5.71. The van der Waals surface area contributed by atoms with E-state index < -0.39 is 0 Å². The van der Waals surface area contributed by atoms with Crippen molar-refractivity contribution in [2.75, 3.05) is 0 Å². The molecule has 0 unspecified atom stereocenters. The van der Waals surface area contributed by atoms with Crippen molar-refractivity contribution in [1.82, 2.24) is 0 Å². The van der Waals surface area contributed by atoms with Gasteiger partial charge in [-0.05, 0) is 187 Å². The Morgan fingerprint density at radius 1 is 0.382 bits per heavy atom. The summed E-state index contributed by atoms with van der Waals surface area (Å²) in [4.78, 5) is 0. The summed E-state index contributed by atoms with van der Waals surface area (Å²) >= 11 is 15.2. The topological polar surface area (TPSA) is 0 Å². The number of hydrogen-bond acceptors (Lipinski definition) is 0. The van der Waals surface area contributed by atoms with Gasteiger partial charge in [-0.2, -0.15) is 0 Å². The minimum absolute atomic E-state index is 1.26. The van der Waals surface area contributed by atoms with Crippen LogP contribution in [0.4, 0.5) is 0 Å². The lowest BCUT2D eigenvalue weighted by molar-refractivity contribution is 1.45. The van der Waals surface area contributed by atoms with E-state index in [1.54, 1.807) is 0 Å². The molecule has 0 fully saturated rings. The van der Waals surface area contributed by atoms with Crippen LogP contribution in [0.25, 0.3) is 44.2 Å². The van der Waals surface area contributed by atoms with Crippen molar-refractivity contribution in [1.29, 1.82) is 0 Å². The standard InChI is InChI=1S/C28H14I6/c29-21-14-20(24-22(30)13-19(25(31)28(24)34)16-7-2-1-3-8-16)26(32)27(33)23(21)18-11-10-15-6-4-5-9-17(15)12-18/h1-14H. The van der Waals surface area contributed by atoms with Gasteiger partial charge in [0, 0.05) is 32.5 Å². The van der Waals surface area contributed by atoms with E-state index in [4.69, 9.17) is 0 Å². The third-order valence-corrected chi connectivity index (χ3v) is 13.9. The fraction of sp³-hybridized carbons (Fsp3) is 0. The predicted molar refractivity (Wildman–Crippen MR) is 197 cm³/mol. The van der Waals surface area contributed by atoms with E-state index in [-0.39, 0.29) is 0 Å². The lowest BCUT2D eigenvalue weighted by Gasteiger charge is -2.19. The molecule has 0 bridgehead atoms. The second-order valence-corrected chi connectivity index (χ2v) is 14.4. The van der Waals surface area contributed by atoms with Crippen LogP contribution in [0.15, 0.2) is 84.9 Å². The van der Waals surface area contributed by atoms with Gasteiger partial charge in [0.05, 0.1) is 0 Å². The van der Waals surface area contributed by atoms with Gasteiger partial charge in [0.2, 0.25) is 0 Å². The van der Waals surface area contributed by atoms with Crippen molar-refractivity contribution in [3.8, 4) is 33.4 Å². The van der Waals surface area contributed by atoms with Crippen LogP contribution in [0, 0.1) is 21.4 Å². The molecule has 0 radical (unpaired) electrons. The van der Waals surface area contributed by atoms with Crippen LogP contribution in [0.1, 0.15) is 0 Å². The zero-order valence-corrected chi connectivity index (χ0v) is 30.3. The summed E-state index contributed by atoms with van der Waals surface area (Å²) in [6, 6.07) is 30.8. The average molecular weight is 1110 g/mol. The Hall–Kier alpha value is 0.740. The van der Waals surface area contributed by atoms with Gasteiger partial charge < -0.3 is 0 Å². The van der Waals surface area contributed by atoms with Crippen LogP contribution < -0.4 is 0 Å². The lowest BCUT2D eigenvalue weighted by Crippen LogP contribution is -2.01. The minimum atomic E-state index is 1.26. The lowest BCUT2D eigenvalue weighted by atomic mass is 9.97. The quantitative estimate of drug-likeness (QED) is 0.125. The Balaban J connectivity index is 1.68. The second kappa shape index (κ2) is 11.2. The average Bonchev–Trinajstić information content (AvgIpc) is 2.85.